The van der Waals surface area contributed by atoms with Crippen LogP contribution in [-0.4, -0.2) is 46.2 Å². The van der Waals surface area contributed by atoms with E-state index >= 15 is 0 Å². The van der Waals surface area contributed by atoms with E-state index in [0.717, 1.165) is 24.7 Å². The Morgan fingerprint density at radius 3 is 2.67 bits per heavy atom. The highest BCUT2D eigenvalue weighted by molar-refractivity contribution is 7.89. The lowest BCUT2D eigenvalue weighted by Crippen LogP contribution is -2.43. The number of hydrogen-bond donors (Lipinski definition) is 1. The highest BCUT2D eigenvalue weighted by Gasteiger charge is 2.26. The van der Waals surface area contributed by atoms with Gasteiger partial charge in [0.15, 0.2) is 0 Å². The molecule has 3 rings (SSSR count). The van der Waals surface area contributed by atoms with Crippen molar-refractivity contribution < 1.29 is 17.5 Å². The second-order valence-corrected chi connectivity index (χ2v) is 8.02. The number of morpholine rings is 1. The van der Waals surface area contributed by atoms with Crippen LogP contribution in [0, 0.1) is 5.82 Å². The minimum atomic E-state index is -3.90. The molecule has 1 N–H and O–H groups in total. The Bertz CT molecular complexity index is 759. The van der Waals surface area contributed by atoms with Crippen LogP contribution < -0.4 is 4.72 Å². The van der Waals surface area contributed by atoms with Crippen molar-refractivity contribution in [3.63, 3.8) is 0 Å². The van der Waals surface area contributed by atoms with Gasteiger partial charge < -0.3 is 4.74 Å². The molecule has 2 heterocycles. The summed E-state index contributed by atoms with van der Waals surface area (Å²) in [6.45, 7) is 2.92. The summed E-state index contributed by atoms with van der Waals surface area (Å²) in [5.41, 5.74) is 1.05. The molecule has 8 heteroatoms. The number of rotatable bonds is 6. The standard InChI is InChI=1S/C16H19FN2O3S2/c17-14-3-1-2-4-16(14)24(20,21)18-11-15(13-5-10-23-12-13)19-6-8-22-9-7-19/h1-5,10,12,15,18H,6-9,11H2/t15-/m1/s1. The molecule has 0 aliphatic carbocycles. The number of ether oxygens (including phenoxy) is 1. The maximum atomic E-state index is 13.8. The van der Waals surface area contributed by atoms with Gasteiger partial charge in [0.2, 0.25) is 10.0 Å². The van der Waals surface area contributed by atoms with Gasteiger partial charge in [0.1, 0.15) is 10.7 Å². The average molecular weight is 370 g/mol. The maximum absolute atomic E-state index is 13.8. The first-order valence-electron chi connectivity index (χ1n) is 7.66. The predicted molar refractivity (Wildman–Crippen MR) is 91.0 cm³/mol. The molecule has 5 nitrogen and oxygen atoms in total. The Labute approximate surface area is 145 Å². The molecule has 130 valence electrons. The Morgan fingerprint density at radius 1 is 1.25 bits per heavy atom. The number of thiophene rings is 1. The Kier molecular flexibility index (Phi) is 5.62. The minimum Gasteiger partial charge on any atom is -0.379 e. The zero-order valence-electron chi connectivity index (χ0n) is 13.0. The molecule has 2 aromatic rings. The molecule has 1 aromatic heterocycles. The molecular formula is C16H19FN2O3S2. The van der Waals surface area contributed by atoms with Crippen LogP contribution >= 0.6 is 11.3 Å². The van der Waals surface area contributed by atoms with Crippen LogP contribution in [0.2, 0.25) is 0 Å². The van der Waals surface area contributed by atoms with Crippen LogP contribution in [0.5, 0.6) is 0 Å². The molecule has 1 aliphatic rings. The summed E-state index contributed by atoms with van der Waals surface area (Å²) in [6.07, 6.45) is 0. The molecule has 0 bridgehead atoms. The maximum Gasteiger partial charge on any atom is 0.243 e. The summed E-state index contributed by atoms with van der Waals surface area (Å²) in [5, 5.41) is 3.98. The molecule has 0 saturated carbocycles. The number of nitrogens with one attached hydrogen (secondary N) is 1. The van der Waals surface area contributed by atoms with Gasteiger partial charge in [-0.05, 0) is 34.5 Å². The fraction of sp³-hybridized carbons (Fsp3) is 0.375. The van der Waals surface area contributed by atoms with Gasteiger partial charge >= 0.3 is 0 Å². The number of nitrogens with zero attached hydrogens (tertiary/aromatic N) is 1. The summed E-state index contributed by atoms with van der Waals surface area (Å²) in [4.78, 5) is 1.87. The van der Waals surface area contributed by atoms with Crippen LogP contribution in [0.3, 0.4) is 0 Å². The quantitative estimate of drug-likeness (QED) is 0.847. The third-order valence-corrected chi connectivity index (χ3v) is 6.17. The van der Waals surface area contributed by atoms with E-state index < -0.39 is 15.8 Å². The van der Waals surface area contributed by atoms with E-state index in [1.165, 1.54) is 18.2 Å². The zero-order valence-corrected chi connectivity index (χ0v) is 14.7. The molecule has 1 aliphatic heterocycles. The van der Waals surface area contributed by atoms with Gasteiger partial charge in [-0.15, -0.1) is 0 Å². The Hall–Kier alpha value is -1.32. The van der Waals surface area contributed by atoms with Crippen molar-refractivity contribution in [3.05, 3.63) is 52.5 Å². The van der Waals surface area contributed by atoms with E-state index in [0.29, 0.717) is 13.2 Å². The zero-order chi connectivity index (χ0) is 17.0. The summed E-state index contributed by atoms with van der Waals surface area (Å²) >= 11 is 1.57. The average Bonchev–Trinajstić information content (AvgIpc) is 3.10. The van der Waals surface area contributed by atoms with Crippen molar-refractivity contribution in [2.45, 2.75) is 10.9 Å². The van der Waals surface area contributed by atoms with Gasteiger partial charge in [-0.3, -0.25) is 4.90 Å². The van der Waals surface area contributed by atoms with Crippen molar-refractivity contribution in [1.82, 2.24) is 9.62 Å². The van der Waals surface area contributed by atoms with Crippen LogP contribution in [0.25, 0.3) is 0 Å². The fourth-order valence-corrected chi connectivity index (χ4v) is 4.56. The second-order valence-electron chi connectivity index (χ2n) is 5.50. The molecule has 1 aromatic carbocycles. The lowest BCUT2D eigenvalue weighted by atomic mass is 10.1. The van der Waals surface area contributed by atoms with Crippen LogP contribution in [0.4, 0.5) is 4.39 Å². The van der Waals surface area contributed by atoms with E-state index in [4.69, 9.17) is 4.74 Å². The van der Waals surface area contributed by atoms with Gasteiger partial charge in [-0.2, -0.15) is 11.3 Å². The Balaban J connectivity index is 1.77. The molecule has 1 saturated heterocycles. The fourth-order valence-electron chi connectivity index (χ4n) is 2.74. The van der Waals surface area contributed by atoms with Crippen molar-refractivity contribution in [2.24, 2.45) is 0 Å². The summed E-state index contributed by atoms with van der Waals surface area (Å²) in [5.74, 6) is -0.747. The highest BCUT2D eigenvalue weighted by atomic mass is 32.2. The molecule has 24 heavy (non-hydrogen) atoms. The molecule has 0 radical (unpaired) electrons. The van der Waals surface area contributed by atoms with Gasteiger partial charge in [-0.1, -0.05) is 12.1 Å². The first kappa shape index (κ1) is 17.5. The van der Waals surface area contributed by atoms with Crippen LogP contribution in [-0.2, 0) is 14.8 Å². The highest BCUT2D eigenvalue weighted by Crippen LogP contribution is 2.24. The van der Waals surface area contributed by atoms with Gasteiger partial charge in [0.25, 0.3) is 0 Å². The molecule has 0 spiro atoms. The molecule has 0 amide bonds. The molecule has 1 atom stereocenters. The lowest BCUT2D eigenvalue weighted by Gasteiger charge is -2.34. The van der Waals surface area contributed by atoms with Gasteiger partial charge in [-0.25, -0.2) is 17.5 Å². The first-order chi connectivity index (χ1) is 11.6. The number of halogens is 1. The molecule has 1 fully saturated rings. The lowest BCUT2D eigenvalue weighted by molar-refractivity contribution is 0.0173. The summed E-state index contributed by atoms with van der Waals surface area (Å²) < 4.78 is 46.6. The van der Waals surface area contributed by atoms with E-state index in [9.17, 15) is 12.8 Å². The molecule has 0 unspecified atom stereocenters. The minimum absolute atomic E-state index is 0.0956. The van der Waals surface area contributed by atoms with E-state index in [2.05, 4.69) is 9.62 Å². The first-order valence-corrected chi connectivity index (χ1v) is 10.1. The van der Waals surface area contributed by atoms with Crippen LogP contribution in [0.15, 0.2) is 46.0 Å². The van der Waals surface area contributed by atoms with E-state index in [1.807, 2.05) is 16.8 Å². The third-order valence-electron chi connectivity index (χ3n) is 4.01. The smallest absolute Gasteiger partial charge is 0.243 e. The normalized spacial score (nSPS) is 17.7. The van der Waals surface area contributed by atoms with Crippen molar-refractivity contribution in [3.8, 4) is 0 Å². The monoisotopic (exact) mass is 370 g/mol. The summed E-state index contributed by atoms with van der Waals surface area (Å²) in [6, 6.07) is 7.29. The topological polar surface area (TPSA) is 58.6 Å². The van der Waals surface area contributed by atoms with Gasteiger partial charge in [0.05, 0.1) is 13.2 Å². The largest absolute Gasteiger partial charge is 0.379 e. The number of benzene rings is 1. The Morgan fingerprint density at radius 2 is 2.00 bits per heavy atom. The SMILES string of the molecule is O=S(=O)(NC[C@H](c1ccsc1)N1CCOCC1)c1ccccc1F. The van der Waals surface area contributed by atoms with Gasteiger partial charge in [0, 0.05) is 25.7 Å². The van der Waals surface area contributed by atoms with Crippen molar-refractivity contribution in [1.29, 1.82) is 0 Å². The summed E-state index contributed by atoms with van der Waals surface area (Å²) in [7, 11) is -3.90. The van der Waals surface area contributed by atoms with Crippen molar-refractivity contribution >= 4 is 21.4 Å². The second kappa shape index (κ2) is 7.71. The number of sulfonamides is 1. The van der Waals surface area contributed by atoms with Crippen molar-refractivity contribution in [2.75, 3.05) is 32.8 Å². The predicted octanol–water partition coefficient (Wildman–Crippen LogP) is 2.24. The van der Waals surface area contributed by atoms with E-state index in [1.54, 1.807) is 11.3 Å². The number of hydrogen-bond acceptors (Lipinski definition) is 5. The van der Waals surface area contributed by atoms with Crippen LogP contribution in [0.1, 0.15) is 11.6 Å². The third kappa shape index (κ3) is 4.01. The van der Waals surface area contributed by atoms with E-state index in [-0.39, 0.29) is 17.5 Å². The molecular weight excluding hydrogens is 351 g/mol.